The number of carbonyl (C=O) groups is 2. The minimum Gasteiger partial charge on any atom is -0.495 e. The Morgan fingerprint density at radius 2 is 1.70 bits per heavy atom. The van der Waals surface area contributed by atoms with Gasteiger partial charge in [0.25, 0.3) is 5.91 Å². The molecule has 0 spiro atoms. The smallest absolute Gasteiger partial charge is 0.344 e. The van der Waals surface area contributed by atoms with Gasteiger partial charge < -0.3 is 19.2 Å². The highest BCUT2D eigenvalue weighted by molar-refractivity contribution is 6.08. The van der Waals surface area contributed by atoms with Crippen LogP contribution in [0.2, 0.25) is 0 Å². The molecule has 0 radical (unpaired) electrons. The molecule has 30 heavy (non-hydrogen) atoms. The Bertz CT molecular complexity index is 1260. The van der Waals surface area contributed by atoms with Gasteiger partial charge in [-0.3, -0.25) is 4.79 Å². The van der Waals surface area contributed by atoms with Gasteiger partial charge in [0, 0.05) is 16.8 Å². The number of anilines is 1. The number of nitrogens with one attached hydrogen (secondary N) is 1. The molecule has 4 rings (SSSR count). The van der Waals surface area contributed by atoms with Gasteiger partial charge in [-0.05, 0) is 24.3 Å². The number of rotatable bonds is 5. The monoisotopic (exact) mass is 411 g/mol. The second-order valence-electron chi connectivity index (χ2n) is 6.37. The highest BCUT2D eigenvalue weighted by Crippen LogP contribution is 2.36. The molecule has 8 heteroatoms. The number of fused-ring (bicyclic) bond motifs is 3. The minimum atomic E-state index is -1.28. The topological polar surface area (TPSA) is 77.8 Å². The highest BCUT2D eigenvalue weighted by Gasteiger charge is 2.20. The minimum absolute atomic E-state index is 0.294. The average molecular weight is 411 g/mol. The summed E-state index contributed by atoms with van der Waals surface area (Å²) in [5, 5.41) is 4.25. The van der Waals surface area contributed by atoms with E-state index in [9.17, 15) is 18.4 Å². The number of methoxy groups -OCH3 is 1. The van der Waals surface area contributed by atoms with Crippen molar-refractivity contribution in [2.45, 2.75) is 0 Å². The summed E-state index contributed by atoms with van der Waals surface area (Å²) in [5.41, 5.74) is 0.644. The molecule has 1 heterocycles. The van der Waals surface area contributed by atoms with E-state index >= 15 is 0 Å². The molecule has 0 saturated heterocycles. The van der Waals surface area contributed by atoms with Crippen molar-refractivity contribution >= 4 is 39.5 Å². The molecular formula is C22H15F2NO5. The number of hydrogen-bond donors (Lipinski definition) is 1. The van der Waals surface area contributed by atoms with Gasteiger partial charge in [-0.15, -0.1) is 0 Å². The number of ether oxygens (including phenoxy) is 2. The number of furan rings is 1. The third kappa shape index (κ3) is 3.55. The Balaban J connectivity index is 1.52. The summed E-state index contributed by atoms with van der Waals surface area (Å²) in [6, 6.07) is 13.7. The van der Waals surface area contributed by atoms with Crippen LogP contribution < -0.4 is 10.1 Å². The lowest BCUT2D eigenvalue weighted by Gasteiger charge is -2.11. The number of amides is 1. The zero-order valence-corrected chi connectivity index (χ0v) is 15.7. The Morgan fingerprint density at radius 3 is 2.43 bits per heavy atom. The van der Waals surface area contributed by atoms with Gasteiger partial charge in [0.15, 0.2) is 6.61 Å². The maximum Gasteiger partial charge on any atom is 0.344 e. The van der Waals surface area contributed by atoms with Crippen LogP contribution in [0.5, 0.6) is 5.75 Å². The second-order valence-corrected chi connectivity index (χ2v) is 6.37. The van der Waals surface area contributed by atoms with Crippen molar-refractivity contribution in [3.05, 3.63) is 71.8 Å². The quantitative estimate of drug-likeness (QED) is 0.483. The zero-order valence-electron chi connectivity index (χ0n) is 15.7. The zero-order chi connectivity index (χ0) is 21.3. The molecule has 152 valence electrons. The third-order valence-electron chi connectivity index (χ3n) is 4.47. The van der Waals surface area contributed by atoms with Crippen LogP contribution in [0, 0.1) is 11.6 Å². The molecule has 0 atom stereocenters. The molecule has 4 aromatic rings. The predicted molar refractivity (Wildman–Crippen MR) is 106 cm³/mol. The molecule has 0 unspecified atom stereocenters. The summed E-state index contributed by atoms with van der Waals surface area (Å²) in [7, 11) is 1.44. The van der Waals surface area contributed by atoms with Gasteiger partial charge in [-0.1, -0.05) is 24.3 Å². The van der Waals surface area contributed by atoms with Gasteiger partial charge in [0.05, 0.1) is 12.8 Å². The fraction of sp³-hybridized carbons (Fsp3) is 0.0909. The molecule has 1 amide bonds. The Morgan fingerprint density at radius 1 is 0.967 bits per heavy atom. The first-order valence-corrected chi connectivity index (χ1v) is 8.88. The molecule has 0 aliphatic heterocycles. The molecule has 0 fully saturated rings. The lowest BCUT2D eigenvalue weighted by Crippen LogP contribution is -2.22. The van der Waals surface area contributed by atoms with Crippen molar-refractivity contribution < 1.29 is 32.3 Å². The first-order valence-electron chi connectivity index (χ1n) is 8.88. The molecule has 3 aromatic carbocycles. The summed E-state index contributed by atoms with van der Waals surface area (Å²) in [5.74, 6) is -3.77. The second kappa shape index (κ2) is 7.82. The lowest BCUT2D eigenvalue weighted by atomic mass is 10.1. The van der Waals surface area contributed by atoms with Gasteiger partial charge >= 0.3 is 5.97 Å². The SMILES string of the molecule is COc1cc2c(cc1NC(=O)COC(=O)c1c(F)cccc1F)oc1ccccc12. The van der Waals surface area contributed by atoms with E-state index in [1.165, 1.54) is 7.11 Å². The molecule has 0 aliphatic carbocycles. The van der Waals surface area contributed by atoms with Crippen molar-refractivity contribution in [2.75, 3.05) is 19.0 Å². The molecule has 1 aromatic heterocycles. The standard InChI is InChI=1S/C22H15F2NO5/c1-28-19-9-13-12-5-2-3-8-17(12)30-18(13)10-16(19)25-20(26)11-29-22(27)21-14(23)6-4-7-15(21)24/h2-10H,11H2,1H3,(H,25,26). The molecule has 6 nitrogen and oxygen atoms in total. The largest absolute Gasteiger partial charge is 0.495 e. The van der Waals surface area contributed by atoms with E-state index in [2.05, 4.69) is 5.32 Å². The van der Waals surface area contributed by atoms with Crippen molar-refractivity contribution in [3.63, 3.8) is 0 Å². The van der Waals surface area contributed by atoms with Crippen LogP contribution in [-0.4, -0.2) is 25.6 Å². The summed E-state index contributed by atoms with van der Waals surface area (Å²) in [6.45, 7) is -0.742. The van der Waals surface area contributed by atoms with E-state index in [-0.39, 0.29) is 0 Å². The van der Waals surface area contributed by atoms with Crippen molar-refractivity contribution in [3.8, 4) is 5.75 Å². The molecular weight excluding hydrogens is 396 g/mol. The van der Waals surface area contributed by atoms with Crippen molar-refractivity contribution in [2.24, 2.45) is 0 Å². The Hall–Kier alpha value is -3.94. The number of halogens is 2. The summed E-state index contributed by atoms with van der Waals surface area (Å²) in [4.78, 5) is 24.2. The van der Waals surface area contributed by atoms with Crippen LogP contribution in [0.25, 0.3) is 21.9 Å². The van der Waals surface area contributed by atoms with Crippen LogP contribution in [0.15, 0.2) is 59.0 Å². The molecule has 1 N–H and O–H groups in total. The first-order chi connectivity index (χ1) is 14.5. The number of benzene rings is 3. The fourth-order valence-electron chi connectivity index (χ4n) is 3.10. The Labute approximate surface area is 169 Å². The van der Waals surface area contributed by atoms with Crippen LogP contribution in [-0.2, 0) is 9.53 Å². The van der Waals surface area contributed by atoms with Crippen LogP contribution >= 0.6 is 0 Å². The number of carbonyl (C=O) groups excluding carboxylic acids is 2. The summed E-state index contributed by atoms with van der Waals surface area (Å²) >= 11 is 0. The third-order valence-corrected chi connectivity index (χ3v) is 4.47. The van der Waals surface area contributed by atoms with Gasteiger partial charge in [0.1, 0.15) is 34.1 Å². The first kappa shape index (κ1) is 19.4. The number of esters is 1. The number of hydrogen-bond acceptors (Lipinski definition) is 5. The average Bonchev–Trinajstić information content (AvgIpc) is 3.09. The normalized spacial score (nSPS) is 10.9. The van der Waals surface area contributed by atoms with E-state index in [4.69, 9.17) is 13.9 Å². The lowest BCUT2D eigenvalue weighted by molar-refractivity contribution is -0.119. The molecule has 0 aliphatic rings. The van der Waals surface area contributed by atoms with E-state index in [0.29, 0.717) is 22.6 Å². The van der Waals surface area contributed by atoms with E-state index in [0.717, 1.165) is 29.0 Å². The molecule has 0 saturated carbocycles. The predicted octanol–water partition coefficient (Wildman–Crippen LogP) is 4.67. The van der Waals surface area contributed by atoms with Gasteiger partial charge in [-0.2, -0.15) is 0 Å². The fourth-order valence-corrected chi connectivity index (χ4v) is 3.10. The molecule has 0 bridgehead atoms. The van der Waals surface area contributed by atoms with Crippen LogP contribution in [0.1, 0.15) is 10.4 Å². The Kier molecular flexibility index (Phi) is 5.05. The van der Waals surface area contributed by atoms with Crippen molar-refractivity contribution in [1.29, 1.82) is 0 Å². The van der Waals surface area contributed by atoms with Crippen LogP contribution in [0.4, 0.5) is 14.5 Å². The highest BCUT2D eigenvalue weighted by atomic mass is 19.1. The van der Waals surface area contributed by atoms with E-state index in [1.54, 1.807) is 12.1 Å². The number of para-hydroxylation sites is 1. The van der Waals surface area contributed by atoms with Crippen molar-refractivity contribution in [1.82, 2.24) is 0 Å². The van der Waals surface area contributed by atoms with Gasteiger partial charge in [-0.25, -0.2) is 13.6 Å². The maximum absolute atomic E-state index is 13.6. The summed E-state index contributed by atoms with van der Waals surface area (Å²) < 4.78 is 43.1. The van der Waals surface area contributed by atoms with E-state index in [1.807, 2.05) is 24.3 Å². The van der Waals surface area contributed by atoms with Crippen LogP contribution in [0.3, 0.4) is 0 Å². The summed E-state index contributed by atoms with van der Waals surface area (Å²) in [6.07, 6.45) is 0. The van der Waals surface area contributed by atoms with E-state index < -0.39 is 35.7 Å². The maximum atomic E-state index is 13.6. The van der Waals surface area contributed by atoms with Gasteiger partial charge in [0.2, 0.25) is 0 Å².